The van der Waals surface area contributed by atoms with Gasteiger partial charge in [-0.05, 0) is 24.6 Å². The zero-order valence-electron chi connectivity index (χ0n) is 9.15. The molecular formula is C12H11ClFNOS. The summed E-state index contributed by atoms with van der Waals surface area (Å²) in [5, 5.41) is 11.0. The maximum atomic E-state index is 13.2. The van der Waals surface area contributed by atoms with Crippen LogP contribution in [0, 0.1) is 12.7 Å². The van der Waals surface area contributed by atoms with Crippen LogP contribution in [-0.2, 0) is 6.42 Å². The molecule has 0 aliphatic carbocycles. The van der Waals surface area contributed by atoms with Crippen molar-refractivity contribution in [2.24, 2.45) is 0 Å². The maximum Gasteiger partial charge on any atom is 0.142 e. The standard InChI is InChI=1S/C12H11ClFNOS/c1-7-15-6-12(17-7)11(16)5-8-2-3-9(13)10(14)4-8/h2-4,6,11,16H,5H2,1H3. The number of halogens is 2. The van der Waals surface area contributed by atoms with Crippen LogP contribution < -0.4 is 0 Å². The normalized spacial score (nSPS) is 12.7. The van der Waals surface area contributed by atoms with Gasteiger partial charge in [-0.2, -0.15) is 0 Å². The molecule has 0 spiro atoms. The minimum Gasteiger partial charge on any atom is -0.387 e. The molecule has 90 valence electrons. The van der Waals surface area contributed by atoms with Gasteiger partial charge in [0.05, 0.1) is 21.0 Å². The fourth-order valence-electron chi connectivity index (χ4n) is 1.52. The van der Waals surface area contributed by atoms with Gasteiger partial charge in [-0.25, -0.2) is 9.37 Å². The first-order valence-corrected chi connectivity index (χ1v) is 6.30. The van der Waals surface area contributed by atoms with Crippen LogP contribution in [0.3, 0.4) is 0 Å². The van der Waals surface area contributed by atoms with Crippen LogP contribution >= 0.6 is 22.9 Å². The summed E-state index contributed by atoms with van der Waals surface area (Å²) in [6.07, 6.45) is 1.36. The average Bonchev–Trinajstić information content (AvgIpc) is 2.70. The van der Waals surface area contributed by atoms with Crippen LogP contribution in [0.25, 0.3) is 0 Å². The van der Waals surface area contributed by atoms with Gasteiger partial charge in [0, 0.05) is 12.6 Å². The number of aryl methyl sites for hydroxylation is 1. The summed E-state index contributed by atoms with van der Waals surface area (Å²) in [5.41, 5.74) is 0.713. The molecule has 0 saturated heterocycles. The zero-order chi connectivity index (χ0) is 12.4. The highest BCUT2D eigenvalue weighted by Gasteiger charge is 2.12. The second-order valence-electron chi connectivity index (χ2n) is 3.75. The van der Waals surface area contributed by atoms with E-state index in [4.69, 9.17) is 11.6 Å². The SMILES string of the molecule is Cc1ncc(C(O)Cc2ccc(Cl)c(F)c2)s1. The quantitative estimate of drug-likeness (QED) is 0.927. The van der Waals surface area contributed by atoms with E-state index in [1.807, 2.05) is 6.92 Å². The molecule has 0 bridgehead atoms. The Hall–Kier alpha value is -0.970. The number of nitrogens with zero attached hydrogens (tertiary/aromatic N) is 1. The third-order valence-corrected chi connectivity index (χ3v) is 3.70. The molecule has 1 unspecified atom stereocenters. The molecule has 1 aromatic heterocycles. The molecule has 0 amide bonds. The predicted molar refractivity (Wildman–Crippen MR) is 66.9 cm³/mol. The van der Waals surface area contributed by atoms with Crippen molar-refractivity contribution in [2.75, 3.05) is 0 Å². The first-order valence-electron chi connectivity index (χ1n) is 5.10. The van der Waals surface area contributed by atoms with Gasteiger partial charge < -0.3 is 5.11 Å². The van der Waals surface area contributed by atoms with Crippen molar-refractivity contribution < 1.29 is 9.50 Å². The van der Waals surface area contributed by atoms with Crippen molar-refractivity contribution in [3.05, 3.63) is 50.7 Å². The van der Waals surface area contributed by atoms with Crippen molar-refractivity contribution in [1.82, 2.24) is 4.98 Å². The lowest BCUT2D eigenvalue weighted by Crippen LogP contribution is -2.00. The number of thiazole rings is 1. The molecule has 0 aliphatic rings. The van der Waals surface area contributed by atoms with Crippen molar-refractivity contribution in [3.8, 4) is 0 Å². The summed E-state index contributed by atoms with van der Waals surface area (Å²) in [6, 6.07) is 4.55. The fourth-order valence-corrected chi connectivity index (χ4v) is 2.41. The minimum atomic E-state index is -0.651. The average molecular weight is 272 g/mol. The van der Waals surface area contributed by atoms with Gasteiger partial charge in [-0.1, -0.05) is 17.7 Å². The van der Waals surface area contributed by atoms with Crippen molar-refractivity contribution >= 4 is 22.9 Å². The second kappa shape index (κ2) is 5.12. The zero-order valence-corrected chi connectivity index (χ0v) is 10.7. The molecular weight excluding hydrogens is 261 g/mol. The van der Waals surface area contributed by atoms with Crippen molar-refractivity contribution in [2.45, 2.75) is 19.4 Å². The van der Waals surface area contributed by atoms with Gasteiger partial charge in [0.1, 0.15) is 5.82 Å². The number of benzene rings is 1. The lowest BCUT2D eigenvalue weighted by molar-refractivity contribution is 0.182. The van der Waals surface area contributed by atoms with E-state index in [0.29, 0.717) is 12.0 Å². The maximum absolute atomic E-state index is 13.2. The van der Waals surface area contributed by atoms with Crippen LogP contribution in [0.15, 0.2) is 24.4 Å². The molecule has 17 heavy (non-hydrogen) atoms. The lowest BCUT2D eigenvalue weighted by atomic mass is 10.1. The van der Waals surface area contributed by atoms with Gasteiger partial charge in [0.15, 0.2) is 0 Å². The molecule has 1 heterocycles. The molecule has 2 nitrogen and oxygen atoms in total. The molecule has 5 heteroatoms. The molecule has 1 N–H and O–H groups in total. The second-order valence-corrected chi connectivity index (χ2v) is 5.42. The van der Waals surface area contributed by atoms with Gasteiger partial charge in [-0.3, -0.25) is 0 Å². The van der Waals surface area contributed by atoms with E-state index in [9.17, 15) is 9.50 Å². The molecule has 0 fully saturated rings. The highest BCUT2D eigenvalue weighted by atomic mass is 35.5. The Morgan fingerprint density at radius 2 is 2.29 bits per heavy atom. The summed E-state index contributed by atoms with van der Waals surface area (Å²) in [4.78, 5) is 4.86. The van der Waals surface area contributed by atoms with Crippen LogP contribution in [0.4, 0.5) is 4.39 Å². The van der Waals surface area contributed by atoms with E-state index in [-0.39, 0.29) is 5.02 Å². The Kier molecular flexibility index (Phi) is 3.76. The first kappa shape index (κ1) is 12.5. The van der Waals surface area contributed by atoms with Gasteiger partial charge in [0.2, 0.25) is 0 Å². The lowest BCUT2D eigenvalue weighted by Gasteiger charge is -2.08. The van der Waals surface area contributed by atoms with E-state index in [1.165, 1.54) is 23.5 Å². The Morgan fingerprint density at radius 1 is 1.53 bits per heavy atom. The molecule has 2 aromatic rings. The third-order valence-electron chi connectivity index (χ3n) is 2.38. The molecule has 0 saturated carbocycles. The number of aromatic nitrogens is 1. The topological polar surface area (TPSA) is 33.1 Å². The minimum absolute atomic E-state index is 0.0943. The smallest absolute Gasteiger partial charge is 0.142 e. The summed E-state index contributed by atoms with van der Waals surface area (Å²) in [5.74, 6) is -0.461. The van der Waals surface area contributed by atoms with E-state index in [2.05, 4.69) is 4.98 Å². The Bertz CT molecular complexity index is 529. The van der Waals surface area contributed by atoms with Crippen molar-refractivity contribution in [1.29, 1.82) is 0 Å². The molecule has 0 aliphatic heterocycles. The Labute approximate surface area is 108 Å². The Morgan fingerprint density at radius 3 is 2.88 bits per heavy atom. The molecule has 0 radical (unpaired) electrons. The number of aliphatic hydroxyl groups excluding tert-OH is 1. The number of hydrogen-bond donors (Lipinski definition) is 1. The highest BCUT2D eigenvalue weighted by Crippen LogP contribution is 2.25. The number of aliphatic hydroxyl groups is 1. The summed E-state index contributed by atoms with van der Waals surface area (Å²) >= 11 is 7.03. The fraction of sp³-hybridized carbons (Fsp3) is 0.250. The van der Waals surface area contributed by atoms with E-state index in [1.54, 1.807) is 12.3 Å². The van der Waals surface area contributed by atoms with Crippen molar-refractivity contribution in [3.63, 3.8) is 0 Å². The van der Waals surface area contributed by atoms with Crippen LogP contribution in [0.2, 0.25) is 5.02 Å². The van der Waals surface area contributed by atoms with Crippen LogP contribution in [0.5, 0.6) is 0 Å². The van der Waals surface area contributed by atoms with Crippen LogP contribution in [-0.4, -0.2) is 10.1 Å². The van der Waals surface area contributed by atoms with Crippen LogP contribution in [0.1, 0.15) is 21.6 Å². The molecule has 1 atom stereocenters. The number of hydrogen-bond acceptors (Lipinski definition) is 3. The van der Waals surface area contributed by atoms with Gasteiger partial charge >= 0.3 is 0 Å². The summed E-state index contributed by atoms with van der Waals surface area (Å²) in [7, 11) is 0. The first-order chi connectivity index (χ1) is 8.06. The van der Waals surface area contributed by atoms with E-state index >= 15 is 0 Å². The van der Waals surface area contributed by atoms with Gasteiger partial charge in [-0.15, -0.1) is 11.3 Å². The predicted octanol–water partition coefficient (Wildman–Crippen LogP) is 3.52. The third kappa shape index (κ3) is 3.03. The summed E-state index contributed by atoms with van der Waals surface area (Å²) < 4.78 is 13.2. The largest absolute Gasteiger partial charge is 0.387 e. The summed E-state index contributed by atoms with van der Waals surface area (Å²) in [6.45, 7) is 1.88. The monoisotopic (exact) mass is 271 g/mol. The molecule has 2 rings (SSSR count). The Balaban J connectivity index is 2.12. The van der Waals surface area contributed by atoms with Gasteiger partial charge in [0.25, 0.3) is 0 Å². The molecule has 1 aromatic carbocycles. The van der Waals surface area contributed by atoms with E-state index < -0.39 is 11.9 Å². The number of rotatable bonds is 3. The van der Waals surface area contributed by atoms with E-state index in [0.717, 1.165) is 9.88 Å². The highest BCUT2D eigenvalue weighted by molar-refractivity contribution is 7.11.